The van der Waals surface area contributed by atoms with Crippen molar-refractivity contribution in [2.45, 2.75) is 6.92 Å². The normalized spacial score (nSPS) is 10.7. The van der Waals surface area contributed by atoms with E-state index in [1.165, 1.54) is 0 Å². The highest BCUT2D eigenvalue weighted by Crippen LogP contribution is 2.30. The first-order valence-corrected chi connectivity index (χ1v) is 5.18. The monoisotopic (exact) mass is 241 g/mol. The van der Waals surface area contributed by atoms with Crippen molar-refractivity contribution in [3.63, 3.8) is 0 Å². The molecule has 0 aliphatic rings. The Bertz CT molecular complexity index is 525. The van der Waals surface area contributed by atoms with Gasteiger partial charge in [0.15, 0.2) is 0 Å². The third-order valence-electron chi connectivity index (χ3n) is 2.23. The van der Waals surface area contributed by atoms with E-state index in [1.807, 2.05) is 19.1 Å². The van der Waals surface area contributed by atoms with Crippen molar-refractivity contribution in [1.82, 2.24) is 4.98 Å². The van der Waals surface area contributed by atoms with Gasteiger partial charge >= 0.3 is 0 Å². The molecule has 15 heavy (non-hydrogen) atoms. The second-order valence-corrected chi connectivity index (χ2v) is 4.06. The number of methoxy groups -OCH3 is 1. The molecule has 1 aromatic heterocycles. The molecule has 0 unspecified atom stereocenters. The van der Waals surface area contributed by atoms with Crippen LogP contribution in [0.15, 0.2) is 18.2 Å². The van der Waals surface area contributed by atoms with Gasteiger partial charge in [-0.2, -0.15) is 0 Å². The second kappa shape index (κ2) is 3.87. The molecule has 2 aromatic rings. The summed E-state index contributed by atoms with van der Waals surface area (Å²) in [6, 6.07) is 5.39. The summed E-state index contributed by atoms with van der Waals surface area (Å²) >= 11 is 11.9. The molecule has 0 bridgehead atoms. The highest BCUT2D eigenvalue weighted by molar-refractivity contribution is 6.37. The molecular formula is C11H9Cl2NO. The van der Waals surface area contributed by atoms with Crippen LogP contribution >= 0.6 is 23.2 Å². The summed E-state index contributed by atoms with van der Waals surface area (Å²) in [6.07, 6.45) is 0. The van der Waals surface area contributed by atoms with Crippen LogP contribution in [0.4, 0.5) is 0 Å². The average Bonchev–Trinajstić information content (AvgIpc) is 2.19. The van der Waals surface area contributed by atoms with E-state index >= 15 is 0 Å². The van der Waals surface area contributed by atoms with Crippen molar-refractivity contribution in [3.8, 4) is 5.75 Å². The van der Waals surface area contributed by atoms with Gasteiger partial charge in [0.25, 0.3) is 0 Å². The van der Waals surface area contributed by atoms with Crippen molar-refractivity contribution in [3.05, 3.63) is 33.9 Å². The number of nitrogens with zero attached hydrogens (tertiary/aromatic N) is 1. The van der Waals surface area contributed by atoms with Crippen LogP contribution in [0.1, 0.15) is 5.56 Å². The molecule has 0 aliphatic heterocycles. The summed E-state index contributed by atoms with van der Waals surface area (Å²) in [6.45, 7) is 1.95. The van der Waals surface area contributed by atoms with Crippen molar-refractivity contribution >= 4 is 34.1 Å². The smallest absolute Gasteiger partial charge is 0.131 e. The van der Waals surface area contributed by atoms with Gasteiger partial charge in [0.1, 0.15) is 10.9 Å². The Morgan fingerprint density at radius 3 is 2.60 bits per heavy atom. The zero-order valence-corrected chi connectivity index (χ0v) is 9.86. The highest BCUT2D eigenvalue weighted by Gasteiger charge is 2.07. The van der Waals surface area contributed by atoms with Crippen LogP contribution < -0.4 is 4.74 Å². The van der Waals surface area contributed by atoms with Crippen LogP contribution in [0.3, 0.4) is 0 Å². The van der Waals surface area contributed by atoms with E-state index in [-0.39, 0.29) is 0 Å². The topological polar surface area (TPSA) is 22.1 Å². The molecule has 1 aromatic carbocycles. The van der Waals surface area contributed by atoms with Gasteiger partial charge in [-0.15, -0.1) is 0 Å². The minimum Gasteiger partial charge on any atom is -0.497 e. The molecular weight excluding hydrogens is 233 g/mol. The van der Waals surface area contributed by atoms with Crippen molar-refractivity contribution in [2.75, 3.05) is 7.11 Å². The van der Waals surface area contributed by atoms with Gasteiger partial charge in [0.05, 0.1) is 17.6 Å². The summed E-state index contributed by atoms with van der Waals surface area (Å²) < 4.78 is 5.17. The van der Waals surface area contributed by atoms with Crippen molar-refractivity contribution in [2.24, 2.45) is 0 Å². The van der Waals surface area contributed by atoms with E-state index in [0.29, 0.717) is 10.2 Å². The summed E-state index contributed by atoms with van der Waals surface area (Å²) in [5, 5.41) is 1.85. The number of aromatic nitrogens is 1. The lowest BCUT2D eigenvalue weighted by molar-refractivity contribution is 0.415. The van der Waals surface area contributed by atoms with Gasteiger partial charge in [-0.25, -0.2) is 4.98 Å². The molecule has 2 rings (SSSR count). The fraction of sp³-hybridized carbons (Fsp3) is 0.182. The number of rotatable bonds is 1. The molecule has 0 saturated carbocycles. The maximum absolute atomic E-state index is 6.08. The minimum absolute atomic E-state index is 0.403. The summed E-state index contributed by atoms with van der Waals surface area (Å²) in [5.41, 5.74) is 1.81. The first-order chi connectivity index (χ1) is 7.11. The molecule has 4 heteroatoms. The fourth-order valence-electron chi connectivity index (χ4n) is 1.52. The number of aryl methyl sites for hydroxylation is 1. The number of hydrogen-bond donors (Lipinski definition) is 0. The molecule has 0 spiro atoms. The zero-order valence-electron chi connectivity index (χ0n) is 8.34. The fourth-order valence-corrected chi connectivity index (χ4v) is 2.01. The largest absolute Gasteiger partial charge is 0.497 e. The third-order valence-corrected chi connectivity index (χ3v) is 2.74. The highest BCUT2D eigenvalue weighted by atomic mass is 35.5. The second-order valence-electron chi connectivity index (χ2n) is 3.27. The molecule has 2 nitrogen and oxygen atoms in total. The van der Waals surface area contributed by atoms with E-state index < -0.39 is 0 Å². The minimum atomic E-state index is 0.403. The number of pyridine rings is 1. The molecule has 0 saturated heterocycles. The molecule has 78 valence electrons. The van der Waals surface area contributed by atoms with Crippen LogP contribution in [-0.4, -0.2) is 12.1 Å². The van der Waals surface area contributed by atoms with Crippen LogP contribution in [0.25, 0.3) is 10.9 Å². The number of benzene rings is 1. The predicted octanol–water partition coefficient (Wildman–Crippen LogP) is 3.86. The summed E-state index contributed by atoms with van der Waals surface area (Å²) in [4.78, 5) is 4.24. The average molecular weight is 242 g/mol. The molecule has 0 N–H and O–H groups in total. The van der Waals surface area contributed by atoms with Gasteiger partial charge in [-0.1, -0.05) is 23.2 Å². The molecule has 0 fully saturated rings. The van der Waals surface area contributed by atoms with Crippen LogP contribution in [0.2, 0.25) is 10.2 Å². The maximum Gasteiger partial charge on any atom is 0.131 e. The van der Waals surface area contributed by atoms with Gasteiger partial charge in [-0.05, 0) is 30.7 Å². The van der Waals surface area contributed by atoms with Crippen LogP contribution in [0, 0.1) is 6.92 Å². The van der Waals surface area contributed by atoms with E-state index in [9.17, 15) is 0 Å². The number of ether oxygens (including phenoxy) is 1. The first kappa shape index (κ1) is 10.5. The van der Waals surface area contributed by atoms with E-state index in [4.69, 9.17) is 27.9 Å². The van der Waals surface area contributed by atoms with E-state index in [0.717, 1.165) is 22.2 Å². The van der Waals surface area contributed by atoms with Crippen LogP contribution in [-0.2, 0) is 0 Å². The Hall–Kier alpha value is -0.990. The zero-order chi connectivity index (χ0) is 11.0. The van der Waals surface area contributed by atoms with Gasteiger partial charge in [-0.3, -0.25) is 0 Å². The molecule has 0 atom stereocenters. The van der Waals surface area contributed by atoms with E-state index in [2.05, 4.69) is 4.98 Å². The summed E-state index contributed by atoms with van der Waals surface area (Å²) in [5.74, 6) is 0.769. The Labute approximate surface area is 97.8 Å². The van der Waals surface area contributed by atoms with Crippen molar-refractivity contribution < 1.29 is 4.74 Å². The number of hydrogen-bond acceptors (Lipinski definition) is 2. The Kier molecular flexibility index (Phi) is 2.72. The lowest BCUT2D eigenvalue weighted by atomic mass is 10.1. The quantitative estimate of drug-likeness (QED) is 0.708. The Balaban J connectivity index is 2.85. The standard InChI is InChI=1S/C11H9Cl2NO/c1-6-3-7(15-2)4-8-9(12)5-10(13)14-11(6)8/h3-5H,1-2H3. The summed E-state index contributed by atoms with van der Waals surface area (Å²) in [7, 11) is 1.62. The Morgan fingerprint density at radius 2 is 1.93 bits per heavy atom. The first-order valence-electron chi connectivity index (χ1n) is 4.42. The molecule has 0 amide bonds. The number of fused-ring (bicyclic) bond motifs is 1. The molecule has 1 heterocycles. The van der Waals surface area contributed by atoms with Crippen molar-refractivity contribution in [1.29, 1.82) is 0 Å². The molecule has 0 radical (unpaired) electrons. The van der Waals surface area contributed by atoms with Gasteiger partial charge in [0, 0.05) is 5.39 Å². The van der Waals surface area contributed by atoms with Gasteiger partial charge in [0.2, 0.25) is 0 Å². The van der Waals surface area contributed by atoms with Crippen LogP contribution in [0.5, 0.6) is 5.75 Å². The molecule has 0 aliphatic carbocycles. The lowest BCUT2D eigenvalue weighted by Gasteiger charge is -2.07. The number of halogens is 2. The lowest BCUT2D eigenvalue weighted by Crippen LogP contribution is -1.89. The third kappa shape index (κ3) is 1.87. The predicted molar refractivity (Wildman–Crippen MR) is 63.1 cm³/mol. The van der Waals surface area contributed by atoms with Gasteiger partial charge < -0.3 is 4.74 Å². The van der Waals surface area contributed by atoms with E-state index in [1.54, 1.807) is 13.2 Å². The SMILES string of the molecule is COc1cc(C)c2nc(Cl)cc(Cl)c2c1. The maximum atomic E-state index is 6.08. The Morgan fingerprint density at radius 1 is 1.20 bits per heavy atom.